The minimum atomic E-state index is -0.535. The van der Waals surface area contributed by atoms with Crippen LogP contribution in [0.5, 0.6) is 0 Å². The van der Waals surface area contributed by atoms with Crippen LogP contribution in [-0.4, -0.2) is 33.4 Å². The van der Waals surface area contributed by atoms with Crippen molar-refractivity contribution in [3.63, 3.8) is 0 Å². The monoisotopic (exact) mass is 437 g/mol. The topological polar surface area (TPSA) is 84.8 Å². The van der Waals surface area contributed by atoms with Gasteiger partial charge in [-0.2, -0.15) is 5.26 Å². The van der Waals surface area contributed by atoms with Gasteiger partial charge in [0, 0.05) is 43.0 Å². The maximum Gasteiger partial charge on any atom is 0.237 e. The number of hydrogen-bond donors (Lipinski definition) is 2. The van der Waals surface area contributed by atoms with E-state index in [1.807, 2.05) is 30.3 Å². The standard InChI is InChI=1S/C23H21ClFN5O/c24-18-3-1-2-16(8-18)13-30(21-6-7-27-23(21)31)14-19-12-28-22(29-19)10-15-4-5-17(11-26)20(25)9-15/h1-5,8-9,12,21H,6-7,10,13-14H2,(H,27,31)(H,28,29). The van der Waals surface area contributed by atoms with Crippen molar-refractivity contribution in [1.29, 1.82) is 5.26 Å². The van der Waals surface area contributed by atoms with E-state index in [4.69, 9.17) is 16.9 Å². The van der Waals surface area contributed by atoms with Gasteiger partial charge in [0.1, 0.15) is 17.7 Å². The summed E-state index contributed by atoms with van der Waals surface area (Å²) >= 11 is 6.13. The molecule has 0 aliphatic carbocycles. The van der Waals surface area contributed by atoms with Gasteiger partial charge in [0.15, 0.2) is 0 Å². The van der Waals surface area contributed by atoms with Gasteiger partial charge in [-0.1, -0.05) is 29.8 Å². The van der Waals surface area contributed by atoms with Gasteiger partial charge in [-0.3, -0.25) is 9.69 Å². The summed E-state index contributed by atoms with van der Waals surface area (Å²) in [6, 6.07) is 13.8. The molecule has 2 N–H and O–H groups in total. The van der Waals surface area contributed by atoms with Crippen molar-refractivity contribution in [3.05, 3.63) is 87.7 Å². The van der Waals surface area contributed by atoms with Gasteiger partial charge < -0.3 is 10.3 Å². The Morgan fingerprint density at radius 3 is 2.81 bits per heavy atom. The van der Waals surface area contributed by atoms with Crippen molar-refractivity contribution in [2.45, 2.75) is 32.0 Å². The first kappa shape index (κ1) is 21.0. The Hall–Kier alpha value is -3.21. The van der Waals surface area contributed by atoms with Crippen LogP contribution in [0, 0.1) is 17.1 Å². The number of hydrogen-bond acceptors (Lipinski definition) is 4. The number of imidazole rings is 1. The van der Waals surface area contributed by atoms with Crippen LogP contribution in [0.15, 0.2) is 48.7 Å². The number of H-pyrrole nitrogens is 1. The summed E-state index contributed by atoms with van der Waals surface area (Å²) in [6.07, 6.45) is 2.90. The fourth-order valence-electron chi connectivity index (χ4n) is 3.82. The molecule has 0 bridgehead atoms. The average Bonchev–Trinajstić information content (AvgIpc) is 3.36. The second kappa shape index (κ2) is 9.29. The zero-order valence-electron chi connectivity index (χ0n) is 16.7. The third-order valence-electron chi connectivity index (χ3n) is 5.32. The molecule has 158 valence electrons. The second-order valence-electron chi connectivity index (χ2n) is 7.59. The predicted octanol–water partition coefficient (Wildman–Crippen LogP) is 3.56. The van der Waals surface area contributed by atoms with Crippen LogP contribution in [0.2, 0.25) is 5.02 Å². The summed E-state index contributed by atoms with van der Waals surface area (Å²) in [5.74, 6) is 0.180. The van der Waals surface area contributed by atoms with Gasteiger partial charge >= 0.3 is 0 Å². The fourth-order valence-corrected chi connectivity index (χ4v) is 4.04. The fraction of sp³-hybridized carbons (Fsp3) is 0.261. The molecule has 1 amide bonds. The Morgan fingerprint density at radius 2 is 2.10 bits per heavy atom. The number of nitrogens with zero attached hydrogens (tertiary/aromatic N) is 3. The number of benzene rings is 2. The van der Waals surface area contributed by atoms with Gasteiger partial charge in [0.2, 0.25) is 5.91 Å². The maximum absolute atomic E-state index is 13.9. The van der Waals surface area contributed by atoms with Crippen molar-refractivity contribution in [2.75, 3.05) is 6.54 Å². The third-order valence-corrected chi connectivity index (χ3v) is 5.55. The lowest BCUT2D eigenvalue weighted by atomic mass is 10.1. The molecular weight excluding hydrogens is 417 g/mol. The number of amides is 1. The lowest BCUT2D eigenvalue weighted by molar-refractivity contribution is -0.124. The highest BCUT2D eigenvalue weighted by Gasteiger charge is 2.30. The van der Waals surface area contributed by atoms with Crippen LogP contribution in [0.4, 0.5) is 4.39 Å². The van der Waals surface area contributed by atoms with Crippen LogP contribution in [-0.2, 0) is 24.3 Å². The summed E-state index contributed by atoms with van der Waals surface area (Å²) in [5, 5.41) is 12.4. The van der Waals surface area contributed by atoms with Crippen molar-refractivity contribution in [2.24, 2.45) is 0 Å². The van der Waals surface area contributed by atoms with Crippen molar-refractivity contribution >= 4 is 17.5 Å². The average molecular weight is 438 g/mol. The highest BCUT2D eigenvalue weighted by atomic mass is 35.5. The van der Waals surface area contributed by atoms with E-state index >= 15 is 0 Å². The molecule has 0 saturated carbocycles. The van der Waals surface area contributed by atoms with E-state index in [0.29, 0.717) is 36.9 Å². The van der Waals surface area contributed by atoms with Crippen molar-refractivity contribution in [1.82, 2.24) is 20.2 Å². The van der Waals surface area contributed by atoms with E-state index < -0.39 is 5.82 Å². The number of nitrogens with one attached hydrogen (secondary N) is 2. The Bertz CT molecular complexity index is 1140. The van der Waals surface area contributed by atoms with E-state index in [9.17, 15) is 9.18 Å². The molecule has 1 aromatic heterocycles. The van der Waals surface area contributed by atoms with E-state index in [1.54, 1.807) is 12.3 Å². The molecule has 6 nitrogen and oxygen atoms in total. The molecule has 3 aromatic rings. The first-order valence-corrected chi connectivity index (χ1v) is 10.4. The number of carbonyl (C=O) groups is 1. The van der Waals surface area contributed by atoms with Gasteiger partial charge in [-0.25, -0.2) is 9.37 Å². The minimum Gasteiger partial charge on any atom is -0.355 e. The molecule has 0 radical (unpaired) electrons. The van der Waals surface area contributed by atoms with E-state index in [-0.39, 0.29) is 17.5 Å². The number of nitriles is 1. The van der Waals surface area contributed by atoms with Crippen LogP contribution in [0.3, 0.4) is 0 Å². The molecule has 1 saturated heterocycles. The van der Waals surface area contributed by atoms with Crippen molar-refractivity contribution < 1.29 is 9.18 Å². The number of carbonyl (C=O) groups excluding carboxylic acids is 1. The lowest BCUT2D eigenvalue weighted by Gasteiger charge is -2.26. The first-order chi connectivity index (χ1) is 15.0. The molecule has 0 spiro atoms. The molecule has 1 unspecified atom stereocenters. The molecule has 1 atom stereocenters. The summed E-state index contributed by atoms with van der Waals surface area (Å²) < 4.78 is 13.9. The van der Waals surface area contributed by atoms with E-state index in [0.717, 1.165) is 23.2 Å². The molecule has 2 heterocycles. The smallest absolute Gasteiger partial charge is 0.237 e. The Morgan fingerprint density at radius 1 is 1.23 bits per heavy atom. The van der Waals surface area contributed by atoms with Crippen molar-refractivity contribution in [3.8, 4) is 6.07 Å². The van der Waals surface area contributed by atoms with E-state index in [1.165, 1.54) is 12.1 Å². The van der Waals surface area contributed by atoms with Gasteiger partial charge in [0.05, 0.1) is 11.6 Å². The summed E-state index contributed by atoms with van der Waals surface area (Å²) in [4.78, 5) is 22.1. The highest BCUT2D eigenvalue weighted by molar-refractivity contribution is 6.30. The Balaban J connectivity index is 1.49. The molecule has 1 aliphatic heterocycles. The zero-order chi connectivity index (χ0) is 21.8. The number of aromatic amines is 1. The number of halogens is 2. The van der Waals surface area contributed by atoms with E-state index in [2.05, 4.69) is 20.2 Å². The van der Waals surface area contributed by atoms with Crippen LogP contribution in [0.1, 0.15) is 34.6 Å². The molecular formula is C23H21ClFN5O. The van der Waals surface area contributed by atoms with Gasteiger partial charge in [0.25, 0.3) is 0 Å². The molecule has 8 heteroatoms. The van der Waals surface area contributed by atoms with Crippen LogP contribution >= 0.6 is 11.6 Å². The zero-order valence-corrected chi connectivity index (χ0v) is 17.5. The molecule has 31 heavy (non-hydrogen) atoms. The minimum absolute atomic E-state index is 0.0230. The second-order valence-corrected chi connectivity index (χ2v) is 8.02. The van der Waals surface area contributed by atoms with Gasteiger partial charge in [-0.15, -0.1) is 0 Å². The normalized spacial score (nSPS) is 15.8. The van der Waals surface area contributed by atoms with Gasteiger partial charge in [-0.05, 0) is 41.8 Å². The maximum atomic E-state index is 13.9. The molecule has 1 fully saturated rings. The quantitative estimate of drug-likeness (QED) is 0.592. The Labute approximate surface area is 184 Å². The summed E-state index contributed by atoms with van der Waals surface area (Å²) in [7, 11) is 0. The summed E-state index contributed by atoms with van der Waals surface area (Å²) in [5.41, 5.74) is 2.64. The summed E-state index contributed by atoms with van der Waals surface area (Å²) in [6.45, 7) is 1.75. The highest BCUT2D eigenvalue weighted by Crippen LogP contribution is 2.20. The van der Waals surface area contributed by atoms with Crippen LogP contribution < -0.4 is 5.32 Å². The SMILES string of the molecule is N#Cc1ccc(Cc2ncc(CN(Cc3cccc(Cl)c3)C3CCNC3=O)[nH]2)cc1F. The molecule has 2 aromatic carbocycles. The largest absolute Gasteiger partial charge is 0.355 e. The molecule has 4 rings (SSSR count). The number of aromatic nitrogens is 2. The Kier molecular flexibility index (Phi) is 6.31. The molecule has 1 aliphatic rings. The van der Waals surface area contributed by atoms with Crippen LogP contribution in [0.25, 0.3) is 0 Å². The number of rotatable bonds is 7. The lowest BCUT2D eigenvalue weighted by Crippen LogP contribution is -2.39. The first-order valence-electron chi connectivity index (χ1n) is 9.99. The third kappa shape index (κ3) is 5.10. The predicted molar refractivity (Wildman–Crippen MR) is 115 cm³/mol.